The third kappa shape index (κ3) is 6.07. The van der Waals surface area contributed by atoms with E-state index in [2.05, 4.69) is 33.2 Å². The van der Waals surface area contributed by atoms with Crippen molar-refractivity contribution in [3.63, 3.8) is 0 Å². The molecule has 0 amide bonds. The average Bonchev–Trinajstić information content (AvgIpc) is 3.49. The number of anilines is 1. The summed E-state index contributed by atoms with van der Waals surface area (Å²) < 4.78 is 30.2. The van der Waals surface area contributed by atoms with E-state index in [1.54, 1.807) is 23.7 Å². The van der Waals surface area contributed by atoms with Crippen LogP contribution in [0.3, 0.4) is 0 Å². The van der Waals surface area contributed by atoms with Crippen molar-refractivity contribution in [1.82, 2.24) is 24.1 Å². The van der Waals surface area contributed by atoms with E-state index in [9.17, 15) is 13.7 Å². The van der Waals surface area contributed by atoms with Crippen LogP contribution in [0.25, 0.3) is 0 Å². The summed E-state index contributed by atoms with van der Waals surface area (Å²) >= 11 is 0. The molecule has 3 aromatic rings. The first-order valence-corrected chi connectivity index (χ1v) is 13.0. The molecular formula is C25H31N7O2S. The van der Waals surface area contributed by atoms with Crippen molar-refractivity contribution in [3.05, 3.63) is 78.2 Å². The number of sulfonamides is 1. The molecule has 1 saturated heterocycles. The minimum atomic E-state index is -3.80. The molecule has 2 aromatic carbocycles. The topological polar surface area (TPSA) is 97.5 Å². The molecule has 0 radical (unpaired) electrons. The van der Waals surface area contributed by atoms with Crippen molar-refractivity contribution in [3.8, 4) is 6.07 Å². The Morgan fingerprint density at radius 1 is 1.11 bits per heavy atom. The van der Waals surface area contributed by atoms with Crippen LogP contribution < -0.4 is 10.2 Å². The van der Waals surface area contributed by atoms with Crippen molar-refractivity contribution < 1.29 is 8.42 Å². The maximum atomic E-state index is 13.6. The van der Waals surface area contributed by atoms with Gasteiger partial charge in [0, 0.05) is 64.4 Å². The Balaban J connectivity index is 1.60. The minimum absolute atomic E-state index is 0.0422. The number of imidazole rings is 1. The highest BCUT2D eigenvalue weighted by molar-refractivity contribution is 7.89. The maximum absolute atomic E-state index is 13.6. The highest BCUT2D eigenvalue weighted by Crippen LogP contribution is 2.20. The summed E-state index contributed by atoms with van der Waals surface area (Å²) in [6, 6.07) is 19.5. The third-order valence-electron chi connectivity index (χ3n) is 6.26. The molecule has 0 bridgehead atoms. The monoisotopic (exact) mass is 493 g/mol. The first-order chi connectivity index (χ1) is 16.9. The smallest absolute Gasteiger partial charge is 0.262 e. The molecule has 184 valence electrons. The van der Waals surface area contributed by atoms with Crippen LogP contribution in [0.1, 0.15) is 11.1 Å². The van der Waals surface area contributed by atoms with Gasteiger partial charge in [-0.3, -0.25) is 4.90 Å². The first-order valence-electron chi connectivity index (χ1n) is 11.5. The van der Waals surface area contributed by atoms with Crippen LogP contribution in [-0.4, -0.2) is 73.1 Å². The standard InChI is InChI=1S/C25H31N7O2S/c1-29-18-25(28-20-29)35(33,34)32(16-22-6-4-3-5-7-22)13-12-31(17-24-15-27-19-30(24)2)23-10-8-21(14-26)9-11-23/h3-11,18,20,24,27H,12-13,15-17,19H2,1-2H3. The Morgan fingerprint density at radius 2 is 1.86 bits per heavy atom. The second kappa shape index (κ2) is 11.0. The number of rotatable bonds is 10. The average molecular weight is 494 g/mol. The van der Waals surface area contributed by atoms with Gasteiger partial charge in [-0.05, 0) is 36.9 Å². The Kier molecular flexibility index (Phi) is 7.83. The van der Waals surface area contributed by atoms with Gasteiger partial charge in [0.15, 0.2) is 5.03 Å². The van der Waals surface area contributed by atoms with Crippen molar-refractivity contribution >= 4 is 15.7 Å². The van der Waals surface area contributed by atoms with E-state index in [0.717, 1.165) is 31.0 Å². The number of nitriles is 1. The van der Waals surface area contributed by atoms with E-state index >= 15 is 0 Å². The summed E-state index contributed by atoms with van der Waals surface area (Å²) in [7, 11) is 0.0384. The van der Waals surface area contributed by atoms with E-state index < -0.39 is 10.0 Å². The largest absolute Gasteiger partial charge is 0.369 e. The molecule has 1 aliphatic rings. The zero-order chi connectivity index (χ0) is 24.8. The summed E-state index contributed by atoms with van der Waals surface area (Å²) in [6.45, 7) is 3.46. The van der Waals surface area contributed by atoms with Gasteiger partial charge in [-0.25, -0.2) is 13.4 Å². The summed E-state index contributed by atoms with van der Waals surface area (Å²) in [6.07, 6.45) is 3.03. The fraction of sp³-hybridized carbons (Fsp3) is 0.360. The molecule has 1 aliphatic heterocycles. The molecule has 1 aromatic heterocycles. The van der Waals surface area contributed by atoms with E-state index in [1.807, 2.05) is 42.5 Å². The first kappa shape index (κ1) is 24.9. The van der Waals surface area contributed by atoms with Crippen LogP contribution in [0, 0.1) is 11.3 Å². The molecule has 0 spiro atoms. The quantitative estimate of drug-likeness (QED) is 0.460. The van der Waals surface area contributed by atoms with Crippen molar-refractivity contribution in [1.29, 1.82) is 5.26 Å². The lowest BCUT2D eigenvalue weighted by atomic mass is 10.2. The molecule has 0 saturated carbocycles. The van der Waals surface area contributed by atoms with Crippen LogP contribution in [0.15, 0.2) is 72.1 Å². The van der Waals surface area contributed by atoms with Crippen LogP contribution in [0.4, 0.5) is 5.69 Å². The summed E-state index contributed by atoms with van der Waals surface area (Å²) in [5, 5.41) is 12.6. The van der Waals surface area contributed by atoms with Crippen LogP contribution >= 0.6 is 0 Å². The Bertz CT molecular complexity index is 1250. The maximum Gasteiger partial charge on any atom is 0.262 e. The lowest BCUT2D eigenvalue weighted by Gasteiger charge is -2.32. The molecule has 4 rings (SSSR count). The van der Waals surface area contributed by atoms with Gasteiger partial charge in [0.1, 0.15) is 0 Å². The number of nitrogens with zero attached hydrogens (tertiary/aromatic N) is 6. The SMILES string of the molecule is CN1CNCC1CN(CCN(Cc1ccccc1)S(=O)(=O)c1cn(C)cn1)c1ccc(C#N)cc1. The van der Waals surface area contributed by atoms with E-state index in [-0.39, 0.29) is 18.1 Å². The Labute approximate surface area is 207 Å². The molecule has 10 heteroatoms. The second-order valence-electron chi connectivity index (χ2n) is 8.83. The van der Waals surface area contributed by atoms with Gasteiger partial charge in [0.25, 0.3) is 10.0 Å². The van der Waals surface area contributed by atoms with Crippen molar-refractivity contribution in [2.45, 2.75) is 17.6 Å². The molecule has 0 aliphatic carbocycles. The normalized spacial score (nSPS) is 16.5. The van der Waals surface area contributed by atoms with Gasteiger partial charge >= 0.3 is 0 Å². The van der Waals surface area contributed by atoms with Crippen LogP contribution in [0.2, 0.25) is 0 Å². The predicted octanol–water partition coefficient (Wildman–Crippen LogP) is 1.85. The zero-order valence-electron chi connectivity index (χ0n) is 20.1. The molecule has 1 unspecified atom stereocenters. The molecular weight excluding hydrogens is 462 g/mol. The Morgan fingerprint density at radius 3 is 2.46 bits per heavy atom. The van der Waals surface area contributed by atoms with E-state index in [1.165, 1.54) is 16.8 Å². The minimum Gasteiger partial charge on any atom is -0.369 e. The van der Waals surface area contributed by atoms with Gasteiger partial charge in [-0.15, -0.1) is 0 Å². The van der Waals surface area contributed by atoms with Gasteiger partial charge in [-0.2, -0.15) is 9.57 Å². The zero-order valence-corrected chi connectivity index (χ0v) is 20.9. The van der Waals surface area contributed by atoms with Crippen LogP contribution in [-0.2, 0) is 23.6 Å². The number of benzene rings is 2. The molecule has 1 atom stereocenters. The fourth-order valence-electron chi connectivity index (χ4n) is 4.18. The van der Waals surface area contributed by atoms with E-state index in [4.69, 9.17) is 0 Å². The highest BCUT2D eigenvalue weighted by Gasteiger charge is 2.29. The molecule has 9 nitrogen and oxygen atoms in total. The lowest BCUT2D eigenvalue weighted by Crippen LogP contribution is -2.44. The van der Waals surface area contributed by atoms with Gasteiger partial charge in [0.05, 0.1) is 18.0 Å². The fourth-order valence-corrected chi connectivity index (χ4v) is 5.57. The molecule has 2 heterocycles. The number of nitrogens with one attached hydrogen (secondary N) is 1. The summed E-state index contributed by atoms with van der Waals surface area (Å²) in [4.78, 5) is 8.57. The summed E-state index contributed by atoms with van der Waals surface area (Å²) in [5.74, 6) is 0. The number of hydrogen-bond donors (Lipinski definition) is 1. The lowest BCUT2D eigenvalue weighted by molar-refractivity contribution is 0.314. The van der Waals surface area contributed by atoms with Gasteiger partial charge in [-0.1, -0.05) is 30.3 Å². The predicted molar refractivity (Wildman–Crippen MR) is 135 cm³/mol. The van der Waals surface area contributed by atoms with Gasteiger partial charge in [0.2, 0.25) is 0 Å². The van der Waals surface area contributed by atoms with Crippen molar-refractivity contribution in [2.24, 2.45) is 7.05 Å². The Hall–Kier alpha value is -3.23. The number of aromatic nitrogens is 2. The van der Waals surface area contributed by atoms with Gasteiger partial charge < -0.3 is 14.8 Å². The van der Waals surface area contributed by atoms with Crippen LogP contribution in [0.5, 0.6) is 0 Å². The van der Waals surface area contributed by atoms with Crippen molar-refractivity contribution in [2.75, 3.05) is 44.8 Å². The highest BCUT2D eigenvalue weighted by atomic mass is 32.2. The molecule has 35 heavy (non-hydrogen) atoms. The number of aryl methyl sites for hydroxylation is 1. The van der Waals surface area contributed by atoms with E-state index in [0.29, 0.717) is 18.2 Å². The number of hydrogen-bond acceptors (Lipinski definition) is 7. The molecule has 1 N–H and O–H groups in total. The molecule has 1 fully saturated rings. The third-order valence-corrected chi connectivity index (χ3v) is 7.99. The summed E-state index contributed by atoms with van der Waals surface area (Å²) in [5.41, 5.74) is 2.47. The second-order valence-corrected chi connectivity index (χ2v) is 10.7. The number of likely N-dealkylation sites (N-methyl/N-ethyl adjacent to an activating group) is 1.